The molecule has 0 amide bonds. The summed E-state index contributed by atoms with van der Waals surface area (Å²) in [6.07, 6.45) is -0.395. The van der Waals surface area contributed by atoms with Crippen molar-refractivity contribution in [2.45, 2.75) is 45.0 Å². The van der Waals surface area contributed by atoms with Gasteiger partial charge in [-0.3, -0.25) is 4.90 Å². The van der Waals surface area contributed by atoms with Crippen molar-refractivity contribution in [3.63, 3.8) is 0 Å². The number of benzene rings is 1. The van der Waals surface area contributed by atoms with Crippen molar-refractivity contribution < 1.29 is 22.6 Å². The van der Waals surface area contributed by atoms with Crippen LogP contribution in [0.5, 0.6) is 11.5 Å². The minimum atomic E-state index is -4.70. The quantitative estimate of drug-likeness (QED) is 0.588. The van der Waals surface area contributed by atoms with Crippen molar-refractivity contribution in [1.82, 2.24) is 10.2 Å². The monoisotopic (exact) mass is 432 g/mol. The Morgan fingerprint density at radius 3 is 2.37 bits per heavy atom. The largest absolute Gasteiger partial charge is 0.573 e. The smallest absolute Gasteiger partial charge is 0.496 e. The van der Waals surface area contributed by atoms with Crippen LogP contribution in [0.25, 0.3) is 0 Å². The van der Waals surface area contributed by atoms with Gasteiger partial charge in [-0.05, 0) is 12.5 Å². The first-order valence-corrected chi connectivity index (χ1v) is 8.83. The highest BCUT2D eigenvalue weighted by molar-refractivity contribution is 5.85. The molecular weight excluding hydrogens is 404 g/mol. The zero-order valence-corrected chi connectivity index (χ0v) is 17.3. The van der Waals surface area contributed by atoms with Crippen molar-refractivity contribution in [1.29, 1.82) is 0 Å². The Labute approximate surface area is 171 Å². The van der Waals surface area contributed by atoms with E-state index >= 15 is 0 Å². The van der Waals surface area contributed by atoms with E-state index in [1.165, 1.54) is 19.2 Å². The van der Waals surface area contributed by atoms with E-state index in [9.17, 15) is 13.2 Å². The molecule has 1 N–H and O–H groups in total. The van der Waals surface area contributed by atoms with Crippen LogP contribution in [0, 0.1) is 0 Å². The number of alkyl halides is 3. The Hall–Kier alpha value is -0.890. The summed E-state index contributed by atoms with van der Waals surface area (Å²) in [5.41, 5.74) is 0.926. The van der Waals surface area contributed by atoms with E-state index < -0.39 is 6.36 Å². The van der Waals surface area contributed by atoms with E-state index in [1.54, 1.807) is 6.07 Å². The lowest BCUT2D eigenvalue weighted by Gasteiger charge is -2.36. The Morgan fingerprint density at radius 1 is 1.15 bits per heavy atom. The predicted octanol–water partition coefficient (Wildman–Crippen LogP) is 4.96. The molecule has 1 saturated heterocycles. The van der Waals surface area contributed by atoms with Crippen LogP contribution in [0.3, 0.4) is 0 Å². The minimum absolute atomic E-state index is 0. The maximum atomic E-state index is 12.5. The summed E-state index contributed by atoms with van der Waals surface area (Å²) < 4.78 is 46.8. The fraction of sp³-hybridized carbons (Fsp3) is 0.667. The zero-order chi connectivity index (χ0) is 18.3. The molecule has 1 aromatic carbocycles. The fourth-order valence-corrected chi connectivity index (χ4v) is 3.28. The second kappa shape index (κ2) is 12.5. The maximum Gasteiger partial charge on any atom is 0.573 e. The second-order valence-electron chi connectivity index (χ2n) is 6.25. The fourth-order valence-electron chi connectivity index (χ4n) is 3.28. The van der Waals surface area contributed by atoms with Gasteiger partial charge in [0.1, 0.15) is 11.5 Å². The molecule has 0 saturated carbocycles. The van der Waals surface area contributed by atoms with E-state index in [4.69, 9.17) is 4.74 Å². The number of ether oxygens (including phenoxy) is 2. The molecule has 4 nitrogen and oxygen atoms in total. The summed E-state index contributed by atoms with van der Waals surface area (Å²) in [7, 11) is 1.48. The number of rotatable bonds is 8. The normalized spacial score (nSPS) is 16.0. The summed E-state index contributed by atoms with van der Waals surface area (Å²) in [5.74, 6) is 0.197. The number of nitrogens with one attached hydrogen (secondary N) is 1. The Bertz CT molecular complexity index is 542. The minimum Gasteiger partial charge on any atom is -0.496 e. The molecule has 158 valence electrons. The number of hydrogen-bond acceptors (Lipinski definition) is 4. The van der Waals surface area contributed by atoms with Crippen molar-refractivity contribution in [3.8, 4) is 11.5 Å². The van der Waals surface area contributed by atoms with Gasteiger partial charge in [0.05, 0.1) is 7.11 Å². The molecule has 0 unspecified atom stereocenters. The molecular formula is C18H29Cl2F3N2O2. The molecule has 1 atom stereocenters. The molecule has 0 radical (unpaired) electrons. The molecule has 0 aliphatic carbocycles. The lowest BCUT2D eigenvalue weighted by Crippen LogP contribution is -2.45. The van der Waals surface area contributed by atoms with Crippen LogP contribution in [0.15, 0.2) is 18.2 Å². The van der Waals surface area contributed by atoms with Crippen molar-refractivity contribution in [2.75, 3.05) is 33.3 Å². The van der Waals surface area contributed by atoms with Gasteiger partial charge in [-0.2, -0.15) is 0 Å². The summed E-state index contributed by atoms with van der Waals surface area (Å²) >= 11 is 0. The SMILES string of the molecule is CCCCC[C@@H](c1ccc(OC(F)(F)F)cc1OC)N1CCNCC1.Cl.Cl. The highest BCUT2D eigenvalue weighted by Crippen LogP contribution is 2.37. The molecule has 1 aromatic rings. The average molecular weight is 433 g/mol. The van der Waals surface area contributed by atoms with Gasteiger partial charge in [0, 0.05) is 43.9 Å². The van der Waals surface area contributed by atoms with E-state index in [1.807, 2.05) is 0 Å². The molecule has 1 heterocycles. The Kier molecular flexibility index (Phi) is 12.1. The van der Waals surface area contributed by atoms with Gasteiger partial charge >= 0.3 is 6.36 Å². The van der Waals surface area contributed by atoms with E-state index in [0.717, 1.165) is 57.4 Å². The van der Waals surface area contributed by atoms with E-state index in [-0.39, 0.29) is 36.6 Å². The summed E-state index contributed by atoms with van der Waals surface area (Å²) in [6.45, 7) is 5.83. The molecule has 1 fully saturated rings. The van der Waals surface area contributed by atoms with Gasteiger partial charge in [-0.1, -0.05) is 32.3 Å². The van der Waals surface area contributed by atoms with Crippen LogP contribution in [0.1, 0.15) is 44.2 Å². The number of methoxy groups -OCH3 is 1. The average Bonchev–Trinajstić information content (AvgIpc) is 2.58. The van der Waals surface area contributed by atoms with Crippen LogP contribution in [0.4, 0.5) is 13.2 Å². The third-order valence-corrected chi connectivity index (χ3v) is 4.47. The number of piperazine rings is 1. The van der Waals surface area contributed by atoms with Gasteiger partial charge in [0.2, 0.25) is 0 Å². The molecule has 1 aliphatic rings. The summed E-state index contributed by atoms with van der Waals surface area (Å²) in [4.78, 5) is 2.38. The van der Waals surface area contributed by atoms with Gasteiger partial charge < -0.3 is 14.8 Å². The third-order valence-electron chi connectivity index (χ3n) is 4.47. The standard InChI is InChI=1S/C18H27F3N2O2.2ClH/c1-3-4-5-6-16(23-11-9-22-10-12-23)15-8-7-14(13-17(15)24-2)25-18(19,20)21;;/h7-8,13,16,22H,3-6,9-12H2,1-2H3;2*1H/t16-;;/m0../s1. The molecule has 0 aromatic heterocycles. The van der Waals surface area contributed by atoms with Gasteiger partial charge in [0.25, 0.3) is 0 Å². The third kappa shape index (κ3) is 8.34. The second-order valence-corrected chi connectivity index (χ2v) is 6.25. The number of unbranched alkanes of at least 4 members (excludes halogenated alkanes) is 2. The van der Waals surface area contributed by atoms with Crippen LogP contribution < -0.4 is 14.8 Å². The lowest BCUT2D eigenvalue weighted by atomic mass is 9.97. The van der Waals surface area contributed by atoms with Gasteiger partial charge in [-0.15, -0.1) is 38.0 Å². The number of hydrogen-bond donors (Lipinski definition) is 1. The van der Waals surface area contributed by atoms with Crippen molar-refractivity contribution in [2.24, 2.45) is 0 Å². The van der Waals surface area contributed by atoms with E-state index in [2.05, 4.69) is 21.9 Å². The Balaban J connectivity index is 0.00000338. The zero-order valence-electron chi connectivity index (χ0n) is 15.7. The first-order chi connectivity index (χ1) is 11.9. The number of halogens is 5. The first kappa shape index (κ1) is 26.1. The molecule has 9 heteroatoms. The van der Waals surface area contributed by atoms with Gasteiger partial charge in [0.15, 0.2) is 0 Å². The molecule has 2 rings (SSSR count). The predicted molar refractivity (Wildman–Crippen MR) is 105 cm³/mol. The number of nitrogens with zero attached hydrogens (tertiary/aromatic N) is 1. The van der Waals surface area contributed by atoms with Crippen LogP contribution in [-0.4, -0.2) is 44.6 Å². The molecule has 0 spiro atoms. The highest BCUT2D eigenvalue weighted by atomic mass is 35.5. The van der Waals surface area contributed by atoms with Crippen LogP contribution >= 0.6 is 24.8 Å². The maximum absolute atomic E-state index is 12.5. The lowest BCUT2D eigenvalue weighted by molar-refractivity contribution is -0.274. The van der Waals surface area contributed by atoms with Crippen LogP contribution in [-0.2, 0) is 0 Å². The van der Waals surface area contributed by atoms with Crippen LogP contribution in [0.2, 0.25) is 0 Å². The van der Waals surface area contributed by atoms with E-state index in [0.29, 0.717) is 5.75 Å². The highest BCUT2D eigenvalue weighted by Gasteiger charge is 2.32. The van der Waals surface area contributed by atoms with Crippen molar-refractivity contribution in [3.05, 3.63) is 23.8 Å². The molecule has 1 aliphatic heterocycles. The first-order valence-electron chi connectivity index (χ1n) is 8.83. The van der Waals surface area contributed by atoms with Crippen molar-refractivity contribution >= 4 is 24.8 Å². The Morgan fingerprint density at radius 2 is 1.81 bits per heavy atom. The molecule has 27 heavy (non-hydrogen) atoms. The molecule has 0 bridgehead atoms. The van der Waals surface area contributed by atoms with Gasteiger partial charge in [-0.25, -0.2) is 0 Å². The topological polar surface area (TPSA) is 33.7 Å². The summed E-state index contributed by atoms with van der Waals surface area (Å²) in [6, 6.07) is 4.56. The summed E-state index contributed by atoms with van der Waals surface area (Å²) in [5, 5.41) is 3.33.